The highest BCUT2D eigenvalue weighted by Crippen LogP contribution is 2.20. The Morgan fingerprint density at radius 2 is 2.00 bits per heavy atom. The van der Waals surface area contributed by atoms with Crippen molar-refractivity contribution >= 4 is 23.0 Å². The Morgan fingerprint density at radius 1 is 1.35 bits per heavy atom. The molecule has 0 aliphatic rings. The summed E-state index contributed by atoms with van der Waals surface area (Å²) in [6.45, 7) is 7.85. The molecule has 7 heteroatoms. The molecule has 0 aliphatic carbocycles. The summed E-state index contributed by atoms with van der Waals surface area (Å²) in [5.74, 6) is 0.568. The van der Waals surface area contributed by atoms with Crippen molar-refractivity contribution in [2.75, 3.05) is 18.8 Å². The molecule has 20 heavy (non-hydrogen) atoms. The Labute approximate surface area is 118 Å². The molecule has 0 saturated heterocycles. The fourth-order valence-corrected chi connectivity index (χ4v) is 2.51. The molecule has 0 aromatic carbocycles. The molecule has 2 heterocycles. The van der Waals surface area contributed by atoms with Crippen molar-refractivity contribution in [2.45, 2.75) is 33.7 Å². The normalized spacial score (nSPS) is 11.2. The van der Waals surface area contributed by atoms with Crippen LogP contribution >= 0.6 is 0 Å². The smallest absolute Gasteiger partial charge is 0.224 e. The number of fused-ring (bicyclic) bond motifs is 1. The van der Waals surface area contributed by atoms with E-state index < -0.39 is 0 Å². The van der Waals surface area contributed by atoms with Gasteiger partial charge in [0.25, 0.3) is 0 Å². The van der Waals surface area contributed by atoms with Crippen LogP contribution in [-0.2, 0) is 18.4 Å². The molecular formula is C13H22N6O. The number of hydrogen-bond acceptors (Lipinski definition) is 4. The zero-order valence-corrected chi connectivity index (χ0v) is 12.6. The van der Waals surface area contributed by atoms with Crippen molar-refractivity contribution in [1.82, 2.24) is 24.2 Å². The first-order chi connectivity index (χ1) is 9.49. The maximum absolute atomic E-state index is 12.1. The molecule has 2 N–H and O–H groups in total. The Balaban J connectivity index is 2.22. The topological polar surface area (TPSA) is 82.0 Å². The van der Waals surface area contributed by atoms with Crippen molar-refractivity contribution in [3.05, 3.63) is 5.69 Å². The monoisotopic (exact) mass is 278 g/mol. The van der Waals surface area contributed by atoms with Crippen LogP contribution in [0, 0.1) is 6.92 Å². The highest BCUT2D eigenvalue weighted by molar-refractivity contribution is 5.79. The number of anilines is 1. The highest BCUT2D eigenvalue weighted by atomic mass is 16.2. The Kier molecular flexibility index (Phi) is 3.96. The molecule has 110 valence electrons. The van der Waals surface area contributed by atoms with Gasteiger partial charge >= 0.3 is 0 Å². The molecule has 7 nitrogen and oxygen atoms in total. The van der Waals surface area contributed by atoms with E-state index in [0.29, 0.717) is 18.9 Å². The van der Waals surface area contributed by atoms with E-state index in [4.69, 9.17) is 5.73 Å². The summed E-state index contributed by atoms with van der Waals surface area (Å²) in [5.41, 5.74) is 8.47. The van der Waals surface area contributed by atoms with Gasteiger partial charge in [-0.3, -0.25) is 14.0 Å². The van der Waals surface area contributed by atoms with Gasteiger partial charge in [-0.1, -0.05) is 0 Å². The number of amides is 1. The third-order valence-electron chi connectivity index (χ3n) is 3.59. The van der Waals surface area contributed by atoms with E-state index in [-0.39, 0.29) is 5.91 Å². The molecule has 2 aromatic rings. The summed E-state index contributed by atoms with van der Waals surface area (Å²) >= 11 is 0. The SMILES string of the molecule is CCN(CC)C(=O)CCn1c(N)nc2c(C)nn(C)c21. The molecule has 0 atom stereocenters. The largest absolute Gasteiger partial charge is 0.369 e. The first-order valence-corrected chi connectivity index (χ1v) is 6.92. The van der Waals surface area contributed by atoms with Gasteiger partial charge in [0.2, 0.25) is 11.9 Å². The van der Waals surface area contributed by atoms with Crippen LogP contribution in [0.25, 0.3) is 11.2 Å². The van der Waals surface area contributed by atoms with Gasteiger partial charge in [0, 0.05) is 33.1 Å². The first kappa shape index (κ1) is 14.4. The van der Waals surface area contributed by atoms with Crippen molar-refractivity contribution < 1.29 is 4.79 Å². The highest BCUT2D eigenvalue weighted by Gasteiger charge is 2.17. The summed E-state index contributed by atoms with van der Waals surface area (Å²) in [5, 5.41) is 4.33. The number of aromatic nitrogens is 4. The summed E-state index contributed by atoms with van der Waals surface area (Å²) in [6.07, 6.45) is 0.418. The molecule has 1 amide bonds. The summed E-state index contributed by atoms with van der Waals surface area (Å²) in [4.78, 5) is 18.2. The van der Waals surface area contributed by atoms with Crippen LogP contribution in [0.3, 0.4) is 0 Å². The van der Waals surface area contributed by atoms with Crippen LogP contribution in [0.2, 0.25) is 0 Å². The quantitative estimate of drug-likeness (QED) is 0.881. The minimum Gasteiger partial charge on any atom is -0.369 e. The average Bonchev–Trinajstić information content (AvgIpc) is 2.87. The second-order valence-electron chi connectivity index (χ2n) is 4.82. The molecule has 0 spiro atoms. The zero-order chi connectivity index (χ0) is 14.9. The van der Waals surface area contributed by atoms with E-state index in [1.165, 1.54) is 0 Å². The van der Waals surface area contributed by atoms with Gasteiger partial charge < -0.3 is 10.6 Å². The van der Waals surface area contributed by atoms with Crippen molar-refractivity contribution in [3.8, 4) is 0 Å². The number of hydrogen-bond donors (Lipinski definition) is 1. The lowest BCUT2D eigenvalue weighted by molar-refractivity contribution is -0.131. The van der Waals surface area contributed by atoms with Crippen molar-refractivity contribution in [1.29, 1.82) is 0 Å². The number of rotatable bonds is 5. The number of carbonyl (C=O) groups excluding carboxylic acids is 1. The Morgan fingerprint density at radius 3 is 2.60 bits per heavy atom. The van der Waals surface area contributed by atoms with Crippen molar-refractivity contribution in [3.63, 3.8) is 0 Å². The van der Waals surface area contributed by atoms with Crippen molar-refractivity contribution in [2.24, 2.45) is 7.05 Å². The number of carbonyl (C=O) groups is 1. The Bertz CT molecular complexity index is 622. The standard InChI is InChI=1S/C13H22N6O/c1-5-18(6-2)10(20)7-8-19-12-11(15-13(19)14)9(3)16-17(12)4/h5-8H2,1-4H3,(H2,14,15). The van der Waals surface area contributed by atoms with Crippen LogP contribution < -0.4 is 5.73 Å². The molecule has 2 aromatic heterocycles. The molecule has 0 aliphatic heterocycles. The minimum atomic E-state index is 0.134. The lowest BCUT2D eigenvalue weighted by Crippen LogP contribution is -2.31. The fourth-order valence-electron chi connectivity index (χ4n) is 2.51. The molecule has 0 fully saturated rings. The van der Waals surface area contributed by atoms with Crippen LogP contribution in [0.15, 0.2) is 0 Å². The molecule has 0 unspecified atom stereocenters. The predicted molar refractivity (Wildman–Crippen MR) is 78.2 cm³/mol. The lowest BCUT2D eigenvalue weighted by Gasteiger charge is -2.18. The predicted octanol–water partition coefficient (Wildman–Crippen LogP) is 0.919. The summed E-state index contributed by atoms with van der Waals surface area (Å²) < 4.78 is 3.62. The number of nitrogen functional groups attached to an aromatic ring is 1. The number of imidazole rings is 1. The van der Waals surface area contributed by atoms with E-state index in [9.17, 15) is 4.79 Å². The van der Waals surface area contributed by atoms with Gasteiger partial charge in [0.15, 0.2) is 5.65 Å². The number of nitrogens with zero attached hydrogens (tertiary/aromatic N) is 5. The lowest BCUT2D eigenvalue weighted by atomic mass is 10.3. The van der Waals surface area contributed by atoms with Gasteiger partial charge in [-0.2, -0.15) is 5.10 Å². The van der Waals surface area contributed by atoms with E-state index in [1.807, 2.05) is 37.3 Å². The molecule has 0 radical (unpaired) electrons. The second-order valence-corrected chi connectivity index (χ2v) is 4.82. The van der Waals surface area contributed by atoms with E-state index in [0.717, 1.165) is 29.9 Å². The van der Waals surface area contributed by atoms with Gasteiger partial charge in [0.1, 0.15) is 5.52 Å². The number of aryl methyl sites for hydroxylation is 3. The van der Waals surface area contributed by atoms with Crippen LogP contribution in [-0.4, -0.2) is 43.2 Å². The fraction of sp³-hybridized carbons (Fsp3) is 0.615. The maximum atomic E-state index is 12.1. The van der Waals surface area contributed by atoms with Gasteiger partial charge in [-0.25, -0.2) is 4.98 Å². The van der Waals surface area contributed by atoms with Gasteiger partial charge in [-0.05, 0) is 20.8 Å². The third-order valence-corrected chi connectivity index (χ3v) is 3.59. The maximum Gasteiger partial charge on any atom is 0.224 e. The van der Waals surface area contributed by atoms with Gasteiger partial charge in [-0.15, -0.1) is 0 Å². The minimum absolute atomic E-state index is 0.134. The molecule has 2 rings (SSSR count). The molecular weight excluding hydrogens is 256 g/mol. The second kappa shape index (κ2) is 5.52. The molecule has 0 bridgehead atoms. The van der Waals surface area contributed by atoms with Gasteiger partial charge in [0.05, 0.1) is 5.69 Å². The molecule has 0 saturated carbocycles. The van der Waals surface area contributed by atoms with Crippen LogP contribution in [0.1, 0.15) is 26.0 Å². The first-order valence-electron chi connectivity index (χ1n) is 6.92. The van der Waals surface area contributed by atoms with E-state index in [2.05, 4.69) is 10.1 Å². The van der Waals surface area contributed by atoms with E-state index >= 15 is 0 Å². The number of nitrogens with two attached hydrogens (primary N) is 1. The Hall–Kier alpha value is -2.05. The average molecular weight is 278 g/mol. The zero-order valence-electron chi connectivity index (χ0n) is 12.6. The van der Waals surface area contributed by atoms with Crippen LogP contribution in [0.5, 0.6) is 0 Å². The summed E-state index contributed by atoms with van der Waals surface area (Å²) in [6, 6.07) is 0. The van der Waals surface area contributed by atoms with E-state index in [1.54, 1.807) is 4.68 Å². The van der Waals surface area contributed by atoms with Crippen LogP contribution in [0.4, 0.5) is 5.95 Å². The summed E-state index contributed by atoms with van der Waals surface area (Å²) in [7, 11) is 1.86. The third kappa shape index (κ3) is 2.35.